The SMILES string of the molecule is C#CCO/N=C(\C(=O)NC1C(=O)N2C(C(=O)O)=C(S/C=C\c3cccnc3)CS[C@H]12)c1csc(N)n1. The molecule has 1 fully saturated rings. The first-order chi connectivity index (χ1) is 17.4. The Morgan fingerprint density at radius 2 is 2.33 bits per heavy atom. The Labute approximate surface area is 217 Å². The Morgan fingerprint density at radius 1 is 1.50 bits per heavy atom. The van der Waals surface area contributed by atoms with E-state index in [1.807, 2.05) is 6.07 Å². The summed E-state index contributed by atoms with van der Waals surface area (Å²) in [5.41, 5.74) is 6.38. The van der Waals surface area contributed by atoms with Gasteiger partial charge in [-0.05, 0) is 23.1 Å². The number of hydrogen-bond acceptors (Lipinski definition) is 11. The summed E-state index contributed by atoms with van der Waals surface area (Å²) in [5, 5.41) is 19.1. The van der Waals surface area contributed by atoms with Crippen LogP contribution in [0.4, 0.5) is 5.13 Å². The second-order valence-electron chi connectivity index (χ2n) is 7.13. The van der Waals surface area contributed by atoms with Crippen LogP contribution in [0.2, 0.25) is 0 Å². The van der Waals surface area contributed by atoms with Crippen LogP contribution >= 0.6 is 34.9 Å². The van der Waals surface area contributed by atoms with Crippen LogP contribution in [0, 0.1) is 12.3 Å². The highest BCUT2D eigenvalue weighted by molar-refractivity contribution is 8.08. The molecule has 0 spiro atoms. The van der Waals surface area contributed by atoms with Gasteiger partial charge in [0.05, 0.1) is 0 Å². The molecule has 0 saturated carbocycles. The third-order valence-electron chi connectivity index (χ3n) is 4.86. The third-order valence-corrected chi connectivity index (χ3v) is 7.89. The molecule has 2 aromatic rings. The number of anilines is 1. The second kappa shape index (κ2) is 11.3. The molecule has 2 aliphatic heterocycles. The van der Waals surface area contributed by atoms with Crippen molar-refractivity contribution in [3.05, 3.63) is 57.2 Å². The van der Waals surface area contributed by atoms with E-state index in [1.54, 1.807) is 29.9 Å². The summed E-state index contributed by atoms with van der Waals surface area (Å²) in [6.45, 7) is -0.173. The van der Waals surface area contributed by atoms with Gasteiger partial charge in [0.15, 0.2) is 17.5 Å². The molecule has 0 aromatic carbocycles. The summed E-state index contributed by atoms with van der Waals surface area (Å²) in [6.07, 6.45) is 10.3. The molecule has 2 aromatic heterocycles. The zero-order valence-electron chi connectivity index (χ0n) is 18.4. The fraction of sp³-hybridized carbons (Fsp3) is 0.182. The van der Waals surface area contributed by atoms with E-state index < -0.39 is 29.2 Å². The van der Waals surface area contributed by atoms with Gasteiger partial charge in [0.1, 0.15) is 22.8 Å². The number of thiazole rings is 1. The minimum Gasteiger partial charge on any atom is -0.477 e. The van der Waals surface area contributed by atoms with Crippen LogP contribution in [0.3, 0.4) is 0 Å². The molecule has 36 heavy (non-hydrogen) atoms. The van der Waals surface area contributed by atoms with Crippen LogP contribution in [0.5, 0.6) is 0 Å². The lowest BCUT2D eigenvalue weighted by molar-refractivity contribution is -0.150. The Hall–Kier alpha value is -3.80. The molecule has 2 aliphatic rings. The minimum absolute atomic E-state index is 0.103. The normalized spacial score (nSPS) is 19.5. The van der Waals surface area contributed by atoms with Crippen molar-refractivity contribution in [3.8, 4) is 12.3 Å². The van der Waals surface area contributed by atoms with Gasteiger partial charge in [-0.3, -0.25) is 19.5 Å². The first-order valence-electron chi connectivity index (χ1n) is 10.2. The number of carbonyl (C=O) groups is 3. The maximum Gasteiger partial charge on any atom is 0.353 e. The zero-order chi connectivity index (χ0) is 25.7. The third kappa shape index (κ3) is 5.38. The molecule has 14 heteroatoms. The summed E-state index contributed by atoms with van der Waals surface area (Å²) >= 11 is 3.67. The lowest BCUT2D eigenvalue weighted by Crippen LogP contribution is -2.71. The predicted octanol–water partition coefficient (Wildman–Crippen LogP) is 1.57. The van der Waals surface area contributed by atoms with Crippen LogP contribution in [0.1, 0.15) is 11.3 Å². The summed E-state index contributed by atoms with van der Waals surface area (Å²) < 4.78 is 0. The van der Waals surface area contributed by atoms with Crippen molar-refractivity contribution in [2.75, 3.05) is 18.1 Å². The van der Waals surface area contributed by atoms with E-state index in [1.165, 1.54) is 33.8 Å². The van der Waals surface area contributed by atoms with E-state index in [2.05, 4.69) is 26.4 Å². The van der Waals surface area contributed by atoms with Crippen molar-refractivity contribution < 1.29 is 24.3 Å². The van der Waals surface area contributed by atoms with Gasteiger partial charge in [-0.2, -0.15) is 0 Å². The number of carboxylic acids is 1. The summed E-state index contributed by atoms with van der Waals surface area (Å²) in [4.78, 5) is 52.6. The Kier molecular flexibility index (Phi) is 7.93. The van der Waals surface area contributed by atoms with Gasteiger partial charge in [-0.25, -0.2) is 9.78 Å². The highest BCUT2D eigenvalue weighted by Gasteiger charge is 2.54. The van der Waals surface area contributed by atoms with Gasteiger partial charge in [0, 0.05) is 28.4 Å². The molecular weight excluding hydrogens is 524 g/mol. The fourth-order valence-corrected chi connectivity index (χ4v) is 6.20. The summed E-state index contributed by atoms with van der Waals surface area (Å²) in [7, 11) is 0. The van der Waals surface area contributed by atoms with Crippen LogP contribution in [-0.2, 0) is 19.2 Å². The van der Waals surface area contributed by atoms with E-state index in [9.17, 15) is 19.5 Å². The number of carbonyl (C=O) groups excluding carboxylic acids is 2. The predicted molar refractivity (Wildman–Crippen MR) is 138 cm³/mol. The van der Waals surface area contributed by atoms with Gasteiger partial charge in [-0.1, -0.05) is 28.9 Å². The second-order valence-corrected chi connectivity index (χ2v) is 10.1. The van der Waals surface area contributed by atoms with Crippen LogP contribution in [-0.4, -0.2) is 67.2 Å². The first-order valence-corrected chi connectivity index (χ1v) is 13.0. The number of terminal acetylenes is 1. The average Bonchev–Trinajstić information content (AvgIpc) is 3.30. The maximum absolute atomic E-state index is 12.9. The Morgan fingerprint density at radius 3 is 3.00 bits per heavy atom. The number of thioether (sulfide) groups is 2. The lowest BCUT2D eigenvalue weighted by Gasteiger charge is -2.49. The van der Waals surface area contributed by atoms with E-state index in [4.69, 9.17) is 17.0 Å². The molecular formula is C22H18N6O5S3. The number of nitrogens with zero attached hydrogens (tertiary/aromatic N) is 4. The van der Waals surface area contributed by atoms with Crippen LogP contribution in [0.25, 0.3) is 6.08 Å². The molecule has 2 amide bonds. The topological polar surface area (TPSA) is 160 Å². The monoisotopic (exact) mass is 542 g/mol. The molecule has 4 heterocycles. The molecule has 11 nitrogen and oxygen atoms in total. The number of hydrogen-bond donors (Lipinski definition) is 3. The van der Waals surface area contributed by atoms with Gasteiger partial charge < -0.3 is 21.0 Å². The van der Waals surface area contributed by atoms with Crippen molar-refractivity contribution in [2.45, 2.75) is 11.4 Å². The van der Waals surface area contributed by atoms with E-state index in [-0.39, 0.29) is 28.8 Å². The molecule has 184 valence electrons. The Balaban J connectivity index is 1.49. The summed E-state index contributed by atoms with van der Waals surface area (Å²) in [6, 6.07) is 2.70. The van der Waals surface area contributed by atoms with Crippen LogP contribution in [0.15, 0.2) is 51.1 Å². The largest absolute Gasteiger partial charge is 0.477 e. The number of carboxylic acid groups (broad SMARTS) is 1. The van der Waals surface area contributed by atoms with Gasteiger partial charge >= 0.3 is 5.97 Å². The minimum atomic E-state index is -1.22. The molecule has 4 rings (SSSR count). The zero-order valence-corrected chi connectivity index (χ0v) is 20.8. The fourth-order valence-electron chi connectivity index (χ4n) is 3.30. The van der Waals surface area contributed by atoms with E-state index >= 15 is 0 Å². The van der Waals surface area contributed by atoms with Gasteiger partial charge in [-0.15, -0.1) is 29.5 Å². The van der Waals surface area contributed by atoms with Gasteiger partial charge in [0.25, 0.3) is 11.8 Å². The first kappa shape index (κ1) is 25.3. The average molecular weight is 543 g/mol. The number of pyridine rings is 1. The molecule has 1 saturated heterocycles. The molecule has 2 atom stereocenters. The van der Waals surface area contributed by atoms with Crippen molar-refractivity contribution in [3.63, 3.8) is 0 Å². The van der Waals surface area contributed by atoms with E-state index in [0.29, 0.717) is 10.7 Å². The standard InChI is InChI=1S/C22H18N6O5S3/c1-2-7-33-27-15(13-10-36-22(23)25-13)18(29)26-16-19(30)28-17(21(31)32)14(11-35-20(16)28)34-8-5-12-4-3-6-24-9-12/h1,3-6,8-10,16,20H,7,11H2,(H2,23,25)(H,26,29)(H,31,32)/b8-5-,27-15-/t16?,20-/m1/s1. The number of aromatic nitrogens is 2. The number of oxime groups is 1. The highest BCUT2D eigenvalue weighted by Crippen LogP contribution is 2.43. The number of nitrogens with two attached hydrogens (primary N) is 1. The molecule has 1 unspecified atom stereocenters. The molecule has 0 bridgehead atoms. The molecule has 4 N–H and O–H groups in total. The highest BCUT2D eigenvalue weighted by atomic mass is 32.2. The van der Waals surface area contributed by atoms with Crippen molar-refractivity contribution in [1.82, 2.24) is 20.2 Å². The van der Waals surface area contributed by atoms with E-state index in [0.717, 1.165) is 16.9 Å². The quantitative estimate of drug-likeness (QED) is 0.140. The molecule has 0 radical (unpaired) electrons. The van der Waals surface area contributed by atoms with Gasteiger partial charge in [0.2, 0.25) is 0 Å². The smallest absolute Gasteiger partial charge is 0.353 e. The molecule has 0 aliphatic carbocycles. The number of nitrogen functional groups attached to an aromatic ring is 1. The Bertz CT molecular complexity index is 1320. The lowest BCUT2D eigenvalue weighted by atomic mass is 10.0. The van der Waals surface area contributed by atoms with Crippen molar-refractivity contribution in [2.24, 2.45) is 5.16 Å². The number of aliphatic carboxylic acids is 1. The van der Waals surface area contributed by atoms with Crippen molar-refractivity contribution in [1.29, 1.82) is 0 Å². The van der Waals surface area contributed by atoms with Crippen molar-refractivity contribution >= 4 is 69.6 Å². The summed E-state index contributed by atoms with van der Waals surface area (Å²) in [5.74, 6) is 0.0813. The number of rotatable bonds is 9. The van der Waals surface area contributed by atoms with Crippen LogP contribution < -0.4 is 11.1 Å². The number of fused-ring (bicyclic) bond motifs is 1. The number of nitrogens with one attached hydrogen (secondary N) is 1. The number of amides is 2. The maximum atomic E-state index is 12.9. The number of β-lactam (4-membered cyclic amide) rings is 1.